The van der Waals surface area contributed by atoms with Gasteiger partial charge in [-0.2, -0.15) is 0 Å². The van der Waals surface area contributed by atoms with Crippen LogP contribution in [0, 0.1) is 0 Å². The molecule has 0 aromatic rings. The van der Waals surface area contributed by atoms with Crippen molar-refractivity contribution in [2.24, 2.45) is 0 Å². The molecule has 18 heavy (non-hydrogen) atoms. The highest BCUT2D eigenvalue weighted by molar-refractivity contribution is 9.27. The number of alkyl halides is 3. The molecule has 110 valence electrons. The van der Waals surface area contributed by atoms with Crippen LogP contribution in [0.3, 0.4) is 0 Å². The minimum Gasteiger partial charge on any atom is -0.437 e. The first kappa shape index (κ1) is 20.0. The van der Waals surface area contributed by atoms with E-state index in [1.807, 2.05) is 0 Å². The van der Waals surface area contributed by atoms with Crippen LogP contribution in [0.25, 0.3) is 0 Å². The zero-order valence-electron chi connectivity index (χ0n) is 12.5. The van der Waals surface area contributed by atoms with Gasteiger partial charge in [0.1, 0.15) is 2.86 Å². The molecule has 0 aromatic carbocycles. The average molecular weight is 501 g/mol. The van der Waals surface area contributed by atoms with E-state index in [1.165, 1.54) is 0 Å². The predicted octanol–water partition coefficient (Wildman–Crippen LogP) is 5.57. The van der Waals surface area contributed by atoms with E-state index in [2.05, 4.69) is 101 Å². The van der Waals surface area contributed by atoms with E-state index >= 15 is 0 Å². The van der Waals surface area contributed by atoms with Crippen LogP contribution in [0.4, 0.5) is 0 Å². The number of hydrogen-bond acceptors (Lipinski definition) is 2. The minimum atomic E-state index is -2.09. The predicted molar refractivity (Wildman–Crippen MR) is 99.5 cm³/mol. The first-order valence-electron chi connectivity index (χ1n) is 6.03. The van der Waals surface area contributed by atoms with Crippen molar-refractivity contribution in [3.05, 3.63) is 0 Å². The lowest BCUT2D eigenvalue weighted by molar-refractivity contribution is 0.390. The lowest BCUT2D eigenvalue weighted by Gasteiger charge is -2.44. The van der Waals surface area contributed by atoms with Crippen LogP contribution in [0.2, 0.25) is 45.8 Å². The molecule has 0 saturated heterocycles. The maximum Gasteiger partial charge on any atom is 0.311 e. The fourth-order valence-electron chi connectivity index (χ4n) is 1.92. The summed E-state index contributed by atoms with van der Waals surface area (Å²) in [6.07, 6.45) is 0. The van der Waals surface area contributed by atoms with Gasteiger partial charge in [0.15, 0.2) is 8.32 Å². The van der Waals surface area contributed by atoms with Gasteiger partial charge < -0.3 is 8.23 Å². The van der Waals surface area contributed by atoms with Crippen molar-refractivity contribution in [2.75, 3.05) is 0 Å². The van der Waals surface area contributed by atoms with Gasteiger partial charge in [-0.15, -0.1) is 0 Å². The Hall–Kier alpha value is 2.01. The number of hydrogen-bond donors (Lipinski definition) is 0. The first-order chi connectivity index (χ1) is 7.61. The van der Waals surface area contributed by atoms with Gasteiger partial charge in [-0.25, -0.2) is 0 Å². The Labute approximate surface area is 140 Å². The minimum absolute atomic E-state index is 0.194. The van der Waals surface area contributed by atoms with Crippen molar-refractivity contribution < 1.29 is 8.23 Å². The Bertz CT molecular complexity index is 289. The summed E-state index contributed by atoms with van der Waals surface area (Å²) in [6.45, 7) is 17.5. The van der Waals surface area contributed by atoms with Crippen molar-refractivity contribution in [3.8, 4) is 0 Å². The van der Waals surface area contributed by atoms with E-state index in [-0.39, 0.29) is 7.68 Å². The van der Waals surface area contributed by atoms with Gasteiger partial charge in [-0.1, -0.05) is 54.7 Å². The third kappa shape index (κ3) is 6.19. The second-order valence-corrected chi connectivity index (χ2v) is 25.3. The summed E-state index contributed by atoms with van der Waals surface area (Å²) in [6, 6.07) is 0. The molecule has 0 fully saturated rings. The smallest absolute Gasteiger partial charge is 0.311 e. The van der Waals surface area contributed by atoms with Gasteiger partial charge in [0, 0.05) is 4.83 Å². The molecule has 0 aromatic heterocycles. The summed E-state index contributed by atoms with van der Waals surface area (Å²) in [5.74, 6) is 0. The molecule has 0 spiro atoms. The summed E-state index contributed by atoms with van der Waals surface area (Å²) in [4.78, 5) is 0.281. The molecule has 0 saturated carbocycles. The summed E-state index contributed by atoms with van der Waals surface area (Å²) >= 11 is 11.2. The molecule has 0 bridgehead atoms. The Morgan fingerprint density at radius 2 is 1.28 bits per heavy atom. The van der Waals surface area contributed by atoms with Crippen molar-refractivity contribution in [1.29, 1.82) is 0 Å². The van der Waals surface area contributed by atoms with Crippen molar-refractivity contribution in [3.63, 3.8) is 0 Å². The van der Waals surface area contributed by atoms with Crippen LogP contribution in [0.1, 0.15) is 6.92 Å². The highest BCUT2D eigenvalue weighted by Gasteiger charge is 2.51. The van der Waals surface area contributed by atoms with E-state index in [9.17, 15) is 0 Å². The fourth-order valence-corrected chi connectivity index (χ4v) is 17.9. The van der Waals surface area contributed by atoms with E-state index < -0.39 is 25.2 Å². The number of rotatable bonds is 6. The SMILES string of the molecule is CC(Br)C(Br)(Br)[Si](C)(C)O[Si](C)(C)O[Si](C)(C)C. The van der Waals surface area contributed by atoms with Crippen LogP contribution in [0.15, 0.2) is 0 Å². The largest absolute Gasteiger partial charge is 0.437 e. The van der Waals surface area contributed by atoms with Crippen molar-refractivity contribution >= 4 is 73.0 Å². The first-order valence-corrected chi connectivity index (χ1v) is 17.7. The van der Waals surface area contributed by atoms with Crippen LogP contribution in [-0.2, 0) is 8.23 Å². The molecule has 0 rings (SSSR count). The van der Waals surface area contributed by atoms with E-state index in [0.29, 0.717) is 0 Å². The van der Waals surface area contributed by atoms with Gasteiger partial charge in [0.25, 0.3) is 0 Å². The molecular formula is C10H25Br3O2Si3. The summed E-state index contributed by atoms with van der Waals surface area (Å²) < 4.78 is 12.6. The van der Waals surface area contributed by atoms with Gasteiger partial charge in [-0.3, -0.25) is 0 Å². The Kier molecular flexibility index (Phi) is 7.13. The molecular weight excluding hydrogens is 476 g/mol. The molecule has 0 radical (unpaired) electrons. The normalized spacial score (nSPS) is 16.8. The second-order valence-electron chi connectivity index (χ2n) is 6.47. The van der Waals surface area contributed by atoms with Crippen LogP contribution in [0.5, 0.6) is 0 Å². The fraction of sp³-hybridized carbons (Fsp3) is 1.00. The third-order valence-corrected chi connectivity index (χ3v) is 22.3. The van der Waals surface area contributed by atoms with Crippen molar-refractivity contribution in [2.45, 2.75) is 60.4 Å². The number of halogens is 3. The van der Waals surface area contributed by atoms with Crippen LogP contribution < -0.4 is 0 Å². The molecule has 0 aliphatic carbocycles. The Morgan fingerprint density at radius 3 is 1.56 bits per heavy atom. The van der Waals surface area contributed by atoms with Crippen LogP contribution in [-0.4, -0.2) is 32.9 Å². The Morgan fingerprint density at radius 1 is 0.889 bits per heavy atom. The summed E-state index contributed by atoms with van der Waals surface area (Å²) in [7, 11) is -5.63. The third-order valence-electron chi connectivity index (χ3n) is 2.36. The molecule has 0 N–H and O–H groups in total. The maximum atomic E-state index is 6.49. The molecule has 0 heterocycles. The lowest BCUT2D eigenvalue weighted by atomic mass is 10.6. The highest BCUT2D eigenvalue weighted by atomic mass is 79.9. The lowest BCUT2D eigenvalue weighted by Crippen LogP contribution is -2.60. The molecule has 2 nitrogen and oxygen atoms in total. The Balaban J connectivity index is 4.97. The van der Waals surface area contributed by atoms with Gasteiger partial charge in [0.2, 0.25) is 8.32 Å². The van der Waals surface area contributed by atoms with Gasteiger partial charge in [-0.05, 0) is 45.8 Å². The van der Waals surface area contributed by atoms with Gasteiger partial charge >= 0.3 is 8.56 Å². The molecule has 0 aliphatic rings. The average Bonchev–Trinajstić information content (AvgIpc) is 1.94. The van der Waals surface area contributed by atoms with Crippen LogP contribution >= 0.6 is 47.8 Å². The molecule has 1 atom stereocenters. The van der Waals surface area contributed by atoms with Gasteiger partial charge in [0.05, 0.1) is 0 Å². The maximum absolute atomic E-state index is 6.49. The quantitative estimate of drug-likeness (QED) is 0.350. The standard InChI is InChI=1S/C10H25Br3O2Si3/c1-9(11)10(12,13)17(5,6)15-18(7,8)14-16(2,3)4/h9H,1-8H3. The van der Waals surface area contributed by atoms with E-state index in [4.69, 9.17) is 8.23 Å². The van der Waals surface area contributed by atoms with Crippen molar-refractivity contribution in [1.82, 2.24) is 0 Å². The zero-order valence-corrected chi connectivity index (χ0v) is 20.3. The molecule has 1 unspecified atom stereocenters. The monoisotopic (exact) mass is 498 g/mol. The topological polar surface area (TPSA) is 18.5 Å². The molecule has 0 aliphatic heterocycles. The van der Waals surface area contributed by atoms with E-state index in [1.54, 1.807) is 0 Å². The summed E-state index contributed by atoms with van der Waals surface area (Å²) in [5, 5.41) is 0. The summed E-state index contributed by atoms with van der Waals surface area (Å²) in [5.41, 5.74) is 0. The second kappa shape index (κ2) is 6.41. The zero-order chi connectivity index (χ0) is 15.0. The molecule has 0 amide bonds. The molecule has 8 heteroatoms. The van der Waals surface area contributed by atoms with E-state index in [0.717, 1.165) is 0 Å². The highest BCUT2D eigenvalue weighted by Crippen LogP contribution is 2.44.